The van der Waals surface area contributed by atoms with E-state index in [0.717, 1.165) is 26.1 Å². The monoisotopic (exact) mass is 337 g/mol. The zero-order valence-corrected chi connectivity index (χ0v) is 15.6. The lowest BCUT2D eigenvalue weighted by Crippen LogP contribution is -2.57. The third-order valence-corrected chi connectivity index (χ3v) is 5.29. The fourth-order valence-corrected chi connectivity index (χ4v) is 3.49. The average Bonchev–Trinajstić information content (AvgIpc) is 2.67. The molecule has 0 unspecified atom stereocenters. The van der Waals surface area contributed by atoms with Gasteiger partial charge in [0.05, 0.1) is 0 Å². The maximum Gasteiger partial charge on any atom is 0.0340 e. The van der Waals surface area contributed by atoms with Crippen molar-refractivity contribution in [1.82, 2.24) is 9.80 Å². The molecule has 1 aliphatic heterocycles. The van der Waals surface area contributed by atoms with Gasteiger partial charge < -0.3 is 10.2 Å². The Hall–Kier alpha value is -1.84. The number of hydrogen-bond acceptors (Lipinski definition) is 3. The first-order valence-electron chi connectivity index (χ1n) is 9.44. The molecule has 0 spiro atoms. The molecule has 2 aromatic rings. The van der Waals surface area contributed by atoms with Crippen LogP contribution in [-0.4, -0.2) is 54.6 Å². The van der Waals surface area contributed by atoms with Crippen molar-refractivity contribution in [3.8, 4) is 0 Å². The predicted octanol–water partition coefficient (Wildman–Crippen LogP) is 3.74. The molecule has 25 heavy (non-hydrogen) atoms. The fraction of sp³-hybridized carbons (Fsp3) is 0.455. The molecule has 0 aliphatic carbocycles. The molecule has 134 valence electrons. The van der Waals surface area contributed by atoms with Gasteiger partial charge in [0.15, 0.2) is 0 Å². The van der Waals surface area contributed by atoms with E-state index in [1.54, 1.807) is 0 Å². The lowest BCUT2D eigenvalue weighted by atomic mass is 10.0. The van der Waals surface area contributed by atoms with E-state index in [9.17, 15) is 0 Å². The molecule has 1 N–H and O–H groups in total. The predicted molar refractivity (Wildman–Crippen MR) is 107 cm³/mol. The van der Waals surface area contributed by atoms with Gasteiger partial charge in [0, 0.05) is 50.5 Å². The number of piperazine rings is 1. The topological polar surface area (TPSA) is 18.5 Å². The zero-order chi connectivity index (χ0) is 17.5. The van der Waals surface area contributed by atoms with E-state index in [4.69, 9.17) is 0 Å². The van der Waals surface area contributed by atoms with Crippen molar-refractivity contribution in [2.45, 2.75) is 25.8 Å². The van der Waals surface area contributed by atoms with Crippen LogP contribution in [-0.2, 0) is 6.42 Å². The summed E-state index contributed by atoms with van der Waals surface area (Å²) in [5.41, 5.74) is 2.82. The molecule has 1 aliphatic rings. The van der Waals surface area contributed by atoms with E-state index >= 15 is 0 Å². The highest BCUT2D eigenvalue weighted by Gasteiger charge is 2.29. The van der Waals surface area contributed by atoms with E-state index < -0.39 is 0 Å². The van der Waals surface area contributed by atoms with Crippen molar-refractivity contribution in [1.29, 1.82) is 0 Å². The van der Waals surface area contributed by atoms with Gasteiger partial charge in [-0.2, -0.15) is 0 Å². The Labute approximate surface area is 152 Å². The second-order valence-electron chi connectivity index (χ2n) is 7.60. The molecule has 3 nitrogen and oxygen atoms in total. The molecule has 0 saturated carbocycles. The highest BCUT2D eigenvalue weighted by molar-refractivity contribution is 5.42. The molecule has 1 fully saturated rings. The molecule has 1 heterocycles. The van der Waals surface area contributed by atoms with Crippen molar-refractivity contribution in [2.24, 2.45) is 0 Å². The molecular weight excluding hydrogens is 306 g/mol. The molecule has 0 bridgehead atoms. The van der Waals surface area contributed by atoms with Crippen molar-refractivity contribution in [2.75, 3.05) is 44.6 Å². The second-order valence-corrected chi connectivity index (χ2v) is 7.60. The summed E-state index contributed by atoms with van der Waals surface area (Å²) in [6, 6.07) is 21.3. The van der Waals surface area contributed by atoms with Gasteiger partial charge in [0.1, 0.15) is 0 Å². The molecule has 1 saturated heterocycles. The van der Waals surface area contributed by atoms with Crippen LogP contribution in [0.25, 0.3) is 0 Å². The Balaban J connectivity index is 1.42. The first-order chi connectivity index (χ1) is 12.1. The van der Waals surface area contributed by atoms with Crippen LogP contribution in [0, 0.1) is 0 Å². The lowest BCUT2D eigenvalue weighted by molar-refractivity contribution is 0.0596. The number of nitrogens with zero attached hydrogens (tertiary/aromatic N) is 2. The van der Waals surface area contributed by atoms with Crippen molar-refractivity contribution >= 4 is 5.69 Å². The van der Waals surface area contributed by atoms with Gasteiger partial charge in [-0.3, -0.25) is 4.90 Å². The smallest absolute Gasteiger partial charge is 0.0340 e. The Bertz CT molecular complexity index is 616. The van der Waals surface area contributed by atoms with Gasteiger partial charge in [-0.05, 0) is 38.0 Å². The van der Waals surface area contributed by atoms with Gasteiger partial charge in [0.25, 0.3) is 0 Å². The van der Waals surface area contributed by atoms with Crippen LogP contribution >= 0.6 is 0 Å². The Kier molecular flexibility index (Phi) is 6.11. The summed E-state index contributed by atoms with van der Waals surface area (Å²) in [5.74, 6) is 0. The van der Waals surface area contributed by atoms with E-state index in [1.165, 1.54) is 30.9 Å². The SMILES string of the molecule is CC(C)(CNc1ccccc1)N1CCN(CCc2ccccc2)CC1. The lowest BCUT2D eigenvalue weighted by Gasteiger charge is -2.44. The largest absolute Gasteiger partial charge is 0.383 e. The number of nitrogens with one attached hydrogen (secondary N) is 1. The van der Waals surface area contributed by atoms with E-state index in [2.05, 4.69) is 89.6 Å². The Morgan fingerprint density at radius 3 is 2.08 bits per heavy atom. The molecule has 0 atom stereocenters. The van der Waals surface area contributed by atoms with Gasteiger partial charge >= 0.3 is 0 Å². The standard InChI is InChI=1S/C22H31N3/c1-22(2,19-23-21-11-7-4-8-12-21)25-17-15-24(16-18-25)14-13-20-9-5-3-6-10-20/h3-12,23H,13-19H2,1-2H3. The molecule has 2 aromatic carbocycles. The van der Waals surface area contributed by atoms with Crippen molar-refractivity contribution in [3.63, 3.8) is 0 Å². The number of anilines is 1. The summed E-state index contributed by atoms with van der Waals surface area (Å²) >= 11 is 0. The first-order valence-corrected chi connectivity index (χ1v) is 9.44. The highest BCUT2D eigenvalue weighted by atomic mass is 15.3. The highest BCUT2D eigenvalue weighted by Crippen LogP contribution is 2.18. The third kappa shape index (κ3) is 5.32. The quantitative estimate of drug-likeness (QED) is 0.830. The van der Waals surface area contributed by atoms with Crippen molar-refractivity contribution in [3.05, 3.63) is 66.2 Å². The van der Waals surface area contributed by atoms with Crippen LogP contribution in [0.15, 0.2) is 60.7 Å². The molecular formula is C22H31N3. The van der Waals surface area contributed by atoms with E-state index in [-0.39, 0.29) is 5.54 Å². The maximum absolute atomic E-state index is 3.58. The van der Waals surface area contributed by atoms with E-state index in [0.29, 0.717) is 0 Å². The summed E-state index contributed by atoms with van der Waals surface area (Å²) in [7, 11) is 0. The molecule has 3 heteroatoms. The van der Waals surface area contributed by atoms with Crippen LogP contribution in [0.5, 0.6) is 0 Å². The normalized spacial score (nSPS) is 16.7. The zero-order valence-electron chi connectivity index (χ0n) is 15.6. The second kappa shape index (κ2) is 8.50. The molecule has 0 amide bonds. The molecule has 3 rings (SSSR count). The number of hydrogen-bond donors (Lipinski definition) is 1. The summed E-state index contributed by atoms with van der Waals surface area (Å²) in [4.78, 5) is 5.23. The van der Waals surface area contributed by atoms with Crippen LogP contribution in [0.4, 0.5) is 5.69 Å². The minimum Gasteiger partial charge on any atom is -0.383 e. The minimum absolute atomic E-state index is 0.168. The van der Waals surface area contributed by atoms with Gasteiger partial charge in [0.2, 0.25) is 0 Å². The maximum atomic E-state index is 3.58. The number of benzene rings is 2. The van der Waals surface area contributed by atoms with Crippen LogP contribution in [0.2, 0.25) is 0 Å². The van der Waals surface area contributed by atoms with E-state index in [1.807, 2.05) is 0 Å². The third-order valence-electron chi connectivity index (χ3n) is 5.29. The first kappa shape index (κ1) is 18.0. The molecule has 0 radical (unpaired) electrons. The summed E-state index contributed by atoms with van der Waals surface area (Å²) in [5, 5.41) is 3.58. The van der Waals surface area contributed by atoms with Crippen molar-refractivity contribution < 1.29 is 0 Å². The Morgan fingerprint density at radius 1 is 0.840 bits per heavy atom. The fourth-order valence-electron chi connectivity index (χ4n) is 3.49. The number of rotatable bonds is 7. The van der Waals surface area contributed by atoms with Gasteiger partial charge in [-0.25, -0.2) is 0 Å². The van der Waals surface area contributed by atoms with Gasteiger partial charge in [-0.1, -0.05) is 48.5 Å². The number of para-hydroxylation sites is 1. The Morgan fingerprint density at radius 2 is 1.44 bits per heavy atom. The van der Waals surface area contributed by atoms with Gasteiger partial charge in [-0.15, -0.1) is 0 Å². The van der Waals surface area contributed by atoms with Crippen LogP contribution < -0.4 is 5.32 Å². The minimum atomic E-state index is 0.168. The average molecular weight is 338 g/mol. The van der Waals surface area contributed by atoms with Crippen LogP contribution in [0.3, 0.4) is 0 Å². The summed E-state index contributed by atoms with van der Waals surface area (Å²) < 4.78 is 0. The summed E-state index contributed by atoms with van der Waals surface area (Å²) in [6.07, 6.45) is 1.15. The molecule has 0 aromatic heterocycles. The summed E-state index contributed by atoms with van der Waals surface area (Å²) in [6.45, 7) is 11.5. The van der Waals surface area contributed by atoms with Crippen LogP contribution in [0.1, 0.15) is 19.4 Å².